The fourth-order valence-electron chi connectivity index (χ4n) is 1.46. The number of nitrogens with two attached hydrogens (primary N) is 1. The highest BCUT2D eigenvalue weighted by Crippen LogP contribution is 2.30. The molecule has 0 spiro atoms. The van der Waals surface area contributed by atoms with E-state index in [1.807, 2.05) is 6.92 Å². The van der Waals surface area contributed by atoms with Gasteiger partial charge in [0.2, 0.25) is 0 Å². The monoisotopic (exact) mass is 280 g/mol. The molecule has 1 aromatic carbocycles. The van der Waals surface area contributed by atoms with Gasteiger partial charge in [-0.05, 0) is 36.8 Å². The Bertz CT molecular complexity index is 541. The first-order valence-electron chi connectivity index (χ1n) is 4.76. The zero-order valence-corrected chi connectivity index (χ0v) is 10.3. The molecule has 2 N–H and O–H groups in total. The van der Waals surface area contributed by atoms with E-state index in [1.165, 1.54) is 6.07 Å². The fourth-order valence-corrected chi connectivity index (χ4v) is 1.82. The summed E-state index contributed by atoms with van der Waals surface area (Å²) in [6.07, 6.45) is 1.63. The Balaban J connectivity index is 2.67. The maximum atomic E-state index is 13.7. The van der Waals surface area contributed by atoms with Gasteiger partial charge in [-0.15, -0.1) is 0 Å². The van der Waals surface area contributed by atoms with Crippen molar-refractivity contribution in [2.45, 2.75) is 6.92 Å². The van der Waals surface area contributed by atoms with Crippen LogP contribution in [0.5, 0.6) is 0 Å². The third kappa shape index (κ3) is 1.93. The van der Waals surface area contributed by atoms with Crippen LogP contribution in [0.3, 0.4) is 0 Å². The quantitative estimate of drug-likeness (QED) is 0.868. The van der Waals surface area contributed by atoms with Gasteiger partial charge in [-0.3, -0.25) is 4.98 Å². The van der Waals surface area contributed by atoms with Crippen LogP contribution in [0.4, 0.5) is 10.1 Å². The van der Waals surface area contributed by atoms with Gasteiger partial charge in [0.15, 0.2) is 0 Å². The number of rotatable bonds is 1. The SMILES string of the molecule is Cc1ccnc(-c2cc(Br)ccc2F)c1N. The van der Waals surface area contributed by atoms with Crippen molar-refractivity contribution in [3.63, 3.8) is 0 Å². The number of anilines is 1. The van der Waals surface area contributed by atoms with Crippen LogP contribution >= 0.6 is 15.9 Å². The van der Waals surface area contributed by atoms with Crippen LogP contribution in [-0.2, 0) is 0 Å². The molecule has 0 amide bonds. The van der Waals surface area contributed by atoms with Gasteiger partial charge in [0.1, 0.15) is 5.82 Å². The van der Waals surface area contributed by atoms with Gasteiger partial charge >= 0.3 is 0 Å². The normalized spacial score (nSPS) is 10.4. The zero-order valence-electron chi connectivity index (χ0n) is 8.67. The van der Waals surface area contributed by atoms with Crippen LogP contribution < -0.4 is 5.73 Å². The summed E-state index contributed by atoms with van der Waals surface area (Å²) < 4.78 is 14.4. The van der Waals surface area contributed by atoms with Crippen LogP contribution in [-0.4, -0.2) is 4.98 Å². The Morgan fingerprint density at radius 3 is 2.81 bits per heavy atom. The van der Waals surface area contributed by atoms with E-state index in [9.17, 15) is 4.39 Å². The second-order valence-corrected chi connectivity index (χ2v) is 4.43. The molecule has 82 valence electrons. The summed E-state index contributed by atoms with van der Waals surface area (Å²) in [6.45, 7) is 1.87. The highest BCUT2D eigenvalue weighted by Gasteiger charge is 2.11. The third-order valence-electron chi connectivity index (χ3n) is 2.39. The number of pyridine rings is 1. The van der Waals surface area contributed by atoms with Gasteiger partial charge in [-0.25, -0.2) is 4.39 Å². The van der Waals surface area contributed by atoms with Crippen molar-refractivity contribution in [3.8, 4) is 11.3 Å². The summed E-state index contributed by atoms with van der Waals surface area (Å²) in [4.78, 5) is 4.13. The highest BCUT2D eigenvalue weighted by molar-refractivity contribution is 9.10. The molecule has 0 atom stereocenters. The molecule has 0 aliphatic carbocycles. The van der Waals surface area contributed by atoms with Crippen molar-refractivity contribution in [1.82, 2.24) is 4.98 Å². The zero-order chi connectivity index (χ0) is 11.7. The van der Waals surface area contributed by atoms with E-state index >= 15 is 0 Å². The van der Waals surface area contributed by atoms with E-state index < -0.39 is 0 Å². The third-order valence-corrected chi connectivity index (χ3v) is 2.88. The maximum absolute atomic E-state index is 13.7. The lowest BCUT2D eigenvalue weighted by Crippen LogP contribution is -1.97. The molecule has 1 aromatic heterocycles. The molecule has 0 saturated carbocycles. The largest absolute Gasteiger partial charge is 0.397 e. The van der Waals surface area contributed by atoms with E-state index in [1.54, 1.807) is 24.4 Å². The minimum Gasteiger partial charge on any atom is -0.397 e. The molecule has 0 aliphatic heterocycles. The molecule has 0 saturated heterocycles. The summed E-state index contributed by atoms with van der Waals surface area (Å²) >= 11 is 3.30. The van der Waals surface area contributed by atoms with Gasteiger partial charge in [0.05, 0.1) is 11.4 Å². The molecule has 4 heteroatoms. The molecule has 0 bridgehead atoms. The number of hydrogen-bond donors (Lipinski definition) is 1. The number of nitrogens with zero attached hydrogens (tertiary/aromatic N) is 1. The molecule has 16 heavy (non-hydrogen) atoms. The van der Waals surface area contributed by atoms with Crippen molar-refractivity contribution in [1.29, 1.82) is 0 Å². The number of hydrogen-bond acceptors (Lipinski definition) is 2. The van der Waals surface area contributed by atoms with E-state index in [2.05, 4.69) is 20.9 Å². The van der Waals surface area contributed by atoms with E-state index in [0.717, 1.165) is 10.0 Å². The Kier molecular flexibility index (Phi) is 2.92. The minimum absolute atomic E-state index is 0.326. The molecule has 0 radical (unpaired) electrons. The molecular formula is C12H10BrFN2. The molecule has 2 nitrogen and oxygen atoms in total. The summed E-state index contributed by atoms with van der Waals surface area (Å²) in [6, 6.07) is 6.51. The summed E-state index contributed by atoms with van der Waals surface area (Å²) in [5.41, 5.74) is 8.19. The number of aryl methyl sites for hydroxylation is 1. The maximum Gasteiger partial charge on any atom is 0.132 e. The van der Waals surface area contributed by atoms with Crippen LogP contribution in [0, 0.1) is 12.7 Å². The average molecular weight is 281 g/mol. The molecule has 2 rings (SSSR count). The van der Waals surface area contributed by atoms with Gasteiger partial charge in [0, 0.05) is 16.2 Å². The van der Waals surface area contributed by atoms with Crippen molar-refractivity contribution in [3.05, 3.63) is 46.3 Å². The molecule has 2 aromatic rings. The van der Waals surface area contributed by atoms with Crippen LogP contribution in [0.25, 0.3) is 11.3 Å². The molecular weight excluding hydrogens is 271 g/mol. The Morgan fingerprint density at radius 2 is 2.06 bits per heavy atom. The van der Waals surface area contributed by atoms with Gasteiger partial charge in [-0.1, -0.05) is 15.9 Å². The first-order valence-corrected chi connectivity index (χ1v) is 5.55. The number of aromatic nitrogens is 1. The van der Waals surface area contributed by atoms with Gasteiger partial charge in [-0.2, -0.15) is 0 Å². The molecule has 1 heterocycles. The van der Waals surface area contributed by atoms with Crippen LogP contribution in [0.15, 0.2) is 34.9 Å². The van der Waals surface area contributed by atoms with E-state index in [4.69, 9.17) is 5.73 Å². The molecule has 0 aliphatic rings. The van der Waals surface area contributed by atoms with Crippen molar-refractivity contribution in [2.24, 2.45) is 0 Å². The second-order valence-electron chi connectivity index (χ2n) is 3.51. The fraction of sp³-hybridized carbons (Fsp3) is 0.0833. The van der Waals surface area contributed by atoms with Crippen molar-refractivity contribution in [2.75, 3.05) is 5.73 Å². The summed E-state index contributed by atoms with van der Waals surface area (Å²) in [5.74, 6) is -0.326. The Labute approximate surface area is 101 Å². The Hall–Kier alpha value is -1.42. The van der Waals surface area contributed by atoms with Crippen LogP contribution in [0.1, 0.15) is 5.56 Å². The van der Waals surface area contributed by atoms with Gasteiger partial charge < -0.3 is 5.73 Å². The Morgan fingerprint density at radius 1 is 1.31 bits per heavy atom. The van der Waals surface area contributed by atoms with Gasteiger partial charge in [0.25, 0.3) is 0 Å². The molecule has 0 unspecified atom stereocenters. The first-order chi connectivity index (χ1) is 7.59. The summed E-state index contributed by atoms with van der Waals surface area (Å²) in [5, 5.41) is 0. The lowest BCUT2D eigenvalue weighted by Gasteiger charge is -2.08. The van der Waals surface area contributed by atoms with E-state index in [-0.39, 0.29) is 5.82 Å². The number of benzene rings is 1. The minimum atomic E-state index is -0.326. The van der Waals surface area contributed by atoms with Crippen LogP contribution in [0.2, 0.25) is 0 Å². The lowest BCUT2D eigenvalue weighted by molar-refractivity contribution is 0.630. The number of halogens is 2. The van der Waals surface area contributed by atoms with Crippen molar-refractivity contribution < 1.29 is 4.39 Å². The predicted octanol–water partition coefficient (Wildman–Crippen LogP) is 3.54. The second kappa shape index (κ2) is 4.22. The predicted molar refractivity (Wildman–Crippen MR) is 66.5 cm³/mol. The smallest absolute Gasteiger partial charge is 0.132 e. The first kappa shape index (κ1) is 11.1. The highest BCUT2D eigenvalue weighted by atomic mass is 79.9. The van der Waals surface area contributed by atoms with Crippen molar-refractivity contribution >= 4 is 21.6 Å². The average Bonchev–Trinajstić information content (AvgIpc) is 2.26. The standard InChI is InChI=1S/C12H10BrFN2/c1-7-4-5-16-12(11(7)15)9-6-8(13)2-3-10(9)14/h2-6H,15H2,1H3. The van der Waals surface area contributed by atoms with E-state index in [0.29, 0.717) is 16.9 Å². The molecule has 0 fully saturated rings. The lowest BCUT2D eigenvalue weighted by atomic mass is 10.1. The number of nitrogen functional groups attached to an aromatic ring is 1. The topological polar surface area (TPSA) is 38.9 Å². The summed E-state index contributed by atoms with van der Waals surface area (Å²) in [7, 11) is 0.